The summed E-state index contributed by atoms with van der Waals surface area (Å²) in [7, 11) is 0. The molecule has 13 rings (SSSR count). The summed E-state index contributed by atoms with van der Waals surface area (Å²) < 4.78 is 4.90. The van der Waals surface area contributed by atoms with Crippen LogP contribution in [0.4, 0.5) is 17.1 Å². The van der Waals surface area contributed by atoms with Crippen LogP contribution in [0.5, 0.6) is 0 Å². The zero-order valence-corrected chi connectivity index (χ0v) is 31.5. The summed E-state index contributed by atoms with van der Waals surface area (Å²) in [5, 5.41) is 5.04. The van der Waals surface area contributed by atoms with E-state index in [4.69, 9.17) is 0 Å². The zero-order valence-electron chi connectivity index (χ0n) is 31.5. The first-order chi connectivity index (χ1) is 28.8. The molecule has 0 fully saturated rings. The summed E-state index contributed by atoms with van der Waals surface area (Å²) in [4.78, 5) is 2.44. The van der Waals surface area contributed by atoms with E-state index >= 15 is 0 Å². The number of benzene rings is 9. The van der Waals surface area contributed by atoms with Gasteiger partial charge in [0, 0.05) is 44.3 Å². The number of nitrogens with zero attached hydrogens (tertiary/aromatic N) is 3. The Bertz CT molecular complexity index is 3460. The molecule has 3 nitrogen and oxygen atoms in total. The van der Waals surface area contributed by atoms with Gasteiger partial charge in [0.05, 0.1) is 33.2 Å². The van der Waals surface area contributed by atoms with Gasteiger partial charge in [0.15, 0.2) is 0 Å². The second kappa shape index (κ2) is 11.7. The van der Waals surface area contributed by atoms with Crippen LogP contribution >= 0.6 is 0 Å². The summed E-state index contributed by atoms with van der Waals surface area (Å²) in [5.74, 6) is 0. The minimum absolute atomic E-state index is 0.530. The molecule has 3 heterocycles. The molecule has 0 bridgehead atoms. The van der Waals surface area contributed by atoms with Gasteiger partial charge in [-0.25, -0.2) is 0 Å². The van der Waals surface area contributed by atoms with Gasteiger partial charge >= 0.3 is 0 Å². The van der Waals surface area contributed by atoms with Crippen molar-refractivity contribution in [2.24, 2.45) is 0 Å². The molecule has 58 heavy (non-hydrogen) atoms. The van der Waals surface area contributed by atoms with E-state index in [-0.39, 0.29) is 0 Å². The Morgan fingerprint density at radius 1 is 0.328 bits per heavy atom. The molecule has 1 unspecified atom stereocenters. The van der Waals surface area contributed by atoms with Gasteiger partial charge in [-0.3, -0.25) is 0 Å². The van der Waals surface area contributed by atoms with Gasteiger partial charge < -0.3 is 14.0 Å². The molecule has 0 saturated carbocycles. The first kappa shape index (κ1) is 31.6. The van der Waals surface area contributed by atoms with Crippen LogP contribution in [0.25, 0.3) is 66.1 Å². The highest BCUT2D eigenvalue weighted by Gasteiger charge is 2.51. The van der Waals surface area contributed by atoms with E-state index in [1.807, 2.05) is 0 Å². The molecule has 0 radical (unpaired) electrons. The van der Waals surface area contributed by atoms with Crippen LogP contribution in [0, 0.1) is 0 Å². The van der Waals surface area contributed by atoms with Crippen molar-refractivity contribution in [3.05, 3.63) is 235 Å². The van der Waals surface area contributed by atoms with Crippen molar-refractivity contribution in [3.8, 4) is 22.5 Å². The van der Waals surface area contributed by atoms with Gasteiger partial charge in [-0.2, -0.15) is 0 Å². The van der Waals surface area contributed by atoms with E-state index in [0.29, 0.717) is 0 Å². The molecule has 1 aliphatic carbocycles. The summed E-state index contributed by atoms with van der Waals surface area (Å²) in [5.41, 5.74) is 18.0. The largest absolute Gasteiger partial charge is 0.310 e. The first-order valence-electron chi connectivity index (χ1n) is 20.1. The molecule has 2 aromatic heterocycles. The normalized spacial score (nSPS) is 15.0. The minimum atomic E-state index is -0.530. The van der Waals surface area contributed by atoms with Crippen molar-refractivity contribution >= 4 is 60.7 Å². The maximum absolute atomic E-state index is 2.52. The number of anilines is 3. The average molecular weight is 738 g/mol. The minimum Gasteiger partial charge on any atom is -0.310 e. The quantitative estimate of drug-likeness (QED) is 0.175. The Kier molecular flexibility index (Phi) is 6.37. The predicted octanol–water partition coefficient (Wildman–Crippen LogP) is 14.0. The van der Waals surface area contributed by atoms with Gasteiger partial charge in [0.25, 0.3) is 0 Å². The summed E-state index contributed by atoms with van der Waals surface area (Å²) >= 11 is 0. The van der Waals surface area contributed by atoms with Crippen molar-refractivity contribution in [1.29, 1.82) is 0 Å². The molecule has 1 spiro atoms. The Balaban J connectivity index is 1.10. The number of aromatic nitrogens is 2. The van der Waals surface area contributed by atoms with Crippen molar-refractivity contribution in [1.82, 2.24) is 9.13 Å². The Morgan fingerprint density at radius 2 is 0.897 bits per heavy atom. The molecule has 9 aromatic carbocycles. The van der Waals surface area contributed by atoms with Crippen LogP contribution in [0.3, 0.4) is 0 Å². The van der Waals surface area contributed by atoms with Gasteiger partial charge in [-0.1, -0.05) is 140 Å². The Labute approximate surface area is 335 Å². The maximum Gasteiger partial charge on any atom is 0.0755 e. The second-order valence-electron chi connectivity index (χ2n) is 15.7. The topological polar surface area (TPSA) is 13.1 Å². The van der Waals surface area contributed by atoms with Crippen molar-refractivity contribution < 1.29 is 0 Å². The third kappa shape index (κ3) is 4.02. The molecule has 0 amide bonds. The fourth-order valence-corrected chi connectivity index (χ4v) is 10.7. The lowest BCUT2D eigenvalue weighted by Crippen LogP contribution is -2.33. The second-order valence-corrected chi connectivity index (χ2v) is 15.7. The van der Waals surface area contributed by atoms with Gasteiger partial charge in [-0.05, 0) is 106 Å². The summed E-state index contributed by atoms with van der Waals surface area (Å²) in [6, 6.07) is 78.5. The molecule has 3 heteroatoms. The standard InChI is InChI=1S/C55H35N3/c1-3-16-36(17-4-1)56(38-31-33-52-45(34-38)43-22-9-12-27-50(43)57(52)37-18-5-2-6-19-37)39-30-32-41-40-20-7-10-24-46(40)55(49(41)35-39)47-25-11-14-29-53(47)58-51-28-13-8-21-42(51)44-23-15-26-48(55)54(44)58/h1-35H. The smallest absolute Gasteiger partial charge is 0.0755 e. The van der Waals surface area contributed by atoms with Crippen molar-refractivity contribution in [3.63, 3.8) is 0 Å². The monoisotopic (exact) mass is 737 g/mol. The Hall–Kier alpha value is -7.62. The fraction of sp³-hybridized carbons (Fsp3) is 0.0182. The molecule has 0 N–H and O–H groups in total. The lowest BCUT2D eigenvalue weighted by molar-refractivity contribution is 0.748. The molecule has 2 aliphatic rings. The SMILES string of the molecule is c1ccc(N(c2ccc3c(c2)C2(c4ccccc4-3)c3ccccc3-n3c4ccccc4c4cccc2c43)c2ccc3c(c2)c2ccccc2n3-c2ccccc2)cc1. The number of fused-ring (bicyclic) bond motifs is 15. The van der Waals surface area contributed by atoms with E-state index in [9.17, 15) is 0 Å². The van der Waals surface area contributed by atoms with Crippen LogP contribution < -0.4 is 4.90 Å². The van der Waals surface area contributed by atoms with E-state index in [1.54, 1.807) is 0 Å². The molecular formula is C55H35N3. The summed E-state index contributed by atoms with van der Waals surface area (Å²) in [6.07, 6.45) is 0. The van der Waals surface area contributed by atoms with Crippen LogP contribution in [0.2, 0.25) is 0 Å². The third-order valence-corrected chi connectivity index (χ3v) is 12.9. The van der Waals surface area contributed by atoms with Gasteiger partial charge in [0.1, 0.15) is 0 Å². The highest BCUT2D eigenvalue weighted by molar-refractivity contribution is 6.13. The first-order valence-corrected chi connectivity index (χ1v) is 20.1. The number of para-hydroxylation sites is 6. The van der Waals surface area contributed by atoms with E-state index in [0.717, 1.165) is 22.7 Å². The van der Waals surface area contributed by atoms with Crippen LogP contribution in [-0.2, 0) is 5.41 Å². The van der Waals surface area contributed by atoms with E-state index in [1.165, 1.54) is 82.7 Å². The molecule has 1 aliphatic heterocycles. The van der Waals surface area contributed by atoms with Crippen LogP contribution in [0.1, 0.15) is 22.3 Å². The highest BCUT2D eigenvalue weighted by Crippen LogP contribution is 2.61. The molecule has 0 saturated heterocycles. The number of rotatable bonds is 4. The highest BCUT2D eigenvalue weighted by atomic mass is 15.1. The van der Waals surface area contributed by atoms with Crippen molar-refractivity contribution in [2.45, 2.75) is 5.41 Å². The van der Waals surface area contributed by atoms with Crippen LogP contribution in [0.15, 0.2) is 212 Å². The maximum atomic E-state index is 2.52. The zero-order chi connectivity index (χ0) is 38.0. The molecule has 11 aromatic rings. The Morgan fingerprint density at radius 3 is 1.72 bits per heavy atom. The van der Waals surface area contributed by atoms with Gasteiger partial charge in [0.2, 0.25) is 0 Å². The lowest BCUT2D eigenvalue weighted by atomic mass is 9.65. The molecular weight excluding hydrogens is 703 g/mol. The van der Waals surface area contributed by atoms with E-state index in [2.05, 4.69) is 226 Å². The fourth-order valence-electron chi connectivity index (χ4n) is 10.7. The van der Waals surface area contributed by atoms with Gasteiger partial charge in [-0.15, -0.1) is 0 Å². The summed E-state index contributed by atoms with van der Waals surface area (Å²) in [6.45, 7) is 0. The molecule has 270 valence electrons. The third-order valence-electron chi connectivity index (χ3n) is 12.9. The predicted molar refractivity (Wildman–Crippen MR) is 241 cm³/mol. The number of hydrogen-bond acceptors (Lipinski definition) is 1. The van der Waals surface area contributed by atoms with E-state index < -0.39 is 5.41 Å². The van der Waals surface area contributed by atoms with Crippen molar-refractivity contribution in [2.75, 3.05) is 4.90 Å². The number of hydrogen-bond donors (Lipinski definition) is 0. The van der Waals surface area contributed by atoms with Crippen LogP contribution in [-0.4, -0.2) is 9.13 Å². The lowest BCUT2D eigenvalue weighted by Gasteiger charge is -2.40. The molecule has 1 atom stereocenters. The average Bonchev–Trinajstić information content (AvgIpc) is 3.91.